The van der Waals surface area contributed by atoms with E-state index < -0.39 is 14.6 Å². The second kappa shape index (κ2) is 9.48. The summed E-state index contributed by atoms with van der Waals surface area (Å²) in [5.41, 5.74) is 1.70. The number of allylic oxidation sites excluding steroid dienone is 1. The number of hydrogen-bond donors (Lipinski definition) is 2. The van der Waals surface area contributed by atoms with Gasteiger partial charge < -0.3 is 20.3 Å². The first-order chi connectivity index (χ1) is 15.5. The number of sulfone groups is 1. The summed E-state index contributed by atoms with van der Waals surface area (Å²) in [4.78, 5) is 23.2. The van der Waals surface area contributed by atoms with Gasteiger partial charge in [-0.15, -0.1) is 0 Å². The van der Waals surface area contributed by atoms with Crippen LogP contribution in [0.5, 0.6) is 0 Å². The number of nitrogens with one attached hydrogen (secondary N) is 2. The van der Waals surface area contributed by atoms with Gasteiger partial charge >= 0.3 is 6.03 Å². The largest absolute Gasteiger partial charge is 0.377 e. The van der Waals surface area contributed by atoms with E-state index in [2.05, 4.69) is 27.1 Å². The van der Waals surface area contributed by atoms with Crippen molar-refractivity contribution in [2.45, 2.75) is 38.5 Å². The molecule has 0 unspecified atom stereocenters. The summed E-state index contributed by atoms with van der Waals surface area (Å²) in [6, 6.07) is 8.56. The number of rotatable bonds is 6. The Morgan fingerprint density at radius 2 is 1.91 bits per heavy atom. The van der Waals surface area contributed by atoms with Gasteiger partial charge in [-0.05, 0) is 52.0 Å². The predicted molar refractivity (Wildman–Crippen MR) is 130 cm³/mol. The highest BCUT2D eigenvalue weighted by atomic mass is 32.2. The van der Waals surface area contributed by atoms with Gasteiger partial charge in [-0.2, -0.15) is 0 Å². The molecule has 2 amide bonds. The molecule has 0 radical (unpaired) electrons. The van der Waals surface area contributed by atoms with Crippen LogP contribution in [-0.2, 0) is 19.3 Å². The number of hydrogen-bond acceptors (Lipinski definition) is 7. The molecule has 1 atom stereocenters. The summed E-state index contributed by atoms with van der Waals surface area (Å²) in [5.74, 6) is 1.04. The molecule has 33 heavy (non-hydrogen) atoms. The van der Waals surface area contributed by atoms with Crippen LogP contribution in [-0.4, -0.2) is 57.3 Å². The SMILES string of the molecule is C=C(C)S(=O)(=O)C(C)(C)c1cc(N2CCOC[C@@H]2C)nc(-c2ccc(NC(=O)NC)cc2)n1. The Bertz CT molecular complexity index is 1150. The fraction of sp³-hybridized carbons (Fsp3) is 0.435. The number of carbonyl (C=O) groups is 1. The fourth-order valence-electron chi connectivity index (χ4n) is 3.56. The molecule has 9 nitrogen and oxygen atoms in total. The number of urea groups is 1. The maximum absolute atomic E-state index is 13.1. The Morgan fingerprint density at radius 1 is 1.24 bits per heavy atom. The van der Waals surface area contributed by atoms with E-state index in [4.69, 9.17) is 9.72 Å². The van der Waals surface area contributed by atoms with Crippen molar-refractivity contribution in [2.24, 2.45) is 0 Å². The number of amides is 2. The average Bonchev–Trinajstić information content (AvgIpc) is 2.79. The zero-order chi connectivity index (χ0) is 24.4. The van der Waals surface area contributed by atoms with E-state index in [-0.39, 0.29) is 17.0 Å². The molecule has 0 aliphatic carbocycles. The van der Waals surface area contributed by atoms with Crippen LogP contribution in [0.4, 0.5) is 16.3 Å². The first-order valence-electron chi connectivity index (χ1n) is 10.7. The van der Waals surface area contributed by atoms with Crippen molar-refractivity contribution in [1.82, 2.24) is 15.3 Å². The monoisotopic (exact) mass is 473 g/mol. The van der Waals surface area contributed by atoms with Crippen LogP contribution in [0, 0.1) is 0 Å². The minimum atomic E-state index is -3.69. The lowest BCUT2D eigenvalue weighted by atomic mass is 10.1. The van der Waals surface area contributed by atoms with Gasteiger partial charge in [0, 0.05) is 35.8 Å². The summed E-state index contributed by atoms with van der Waals surface area (Å²) in [7, 11) is -2.16. The van der Waals surface area contributed by atoms with E-state index in [1.54, 1.807) is 44.2 Å². The quantitative estimate of drug-likeness (QED) is 0.662. The third kappa shape index (κ3) is 5.01. The van der Waals surface area contributed by atoms with E-state index in [1.807, 2.05) is 6.92 Å². The predicted octanol–water partition coefficient (Wildman–Crippen LogP) is 3.30. The molecule has 10 heteroatoms. The summed E-state index contributed by atoms with van der Waals surface area (Å²) >= 11 is 0. The Kier molecular flexibility index (Phi) is 7.08. The standard InChI is InChI=1S/C23H31N5O4S/c1-15(2)33(30,31)23(4,5)19-13-20(28-11-12-32-14-16(28)3)27-21(26-19)17-7-9-18(10-8-17)25-22(29)24-6/h7-10,13,16H,1,11-12,14H2,2-6H3,(H2,24,25,29)/t16-/m0/s1. The van der Waals surface area contributed by atoms with Crippen LogP contribution in [0.3, 0.4) is 0 Å². The van der Waals surface area contributed by atoms with Crippen LogP contribution in [0.1, 0.15) is 33.4 Å². The molecule has 1 fully saturated rings. The lowest BCUT2D eigenvalue weighted by molar-refractivity contribution is 0.0985. The Hall–Kier alpha value is -2.98. The van der Waals surface area contributed by atoms with Crippen LogP contribution in [0.2, 0.25) is 0 Å². The zero-order valence-corrected chi connectivity index (χ0v) is 20.5. The molecule has 0 spiro atoms. The summed E-state index contributed by atoms with van der Waals surface area (Å²) < 4.78 is 30.4. The van der Waals surface area contributed by atoms with E-state index in [1.165, 1.54) is 14.0 Å². The Morgan fingerprint density at radius 3 is 2.48 bits per heavy atom. The number of morpholine rings is 1. The average molecular weight is 474 g/mol. The van der Waals surface area contributed by atoms with E-state index in [9.17, 15) is 13.2 Å². The third-order valence-corrected chi connectivity index (χ3v) is 8.22. The molecule has 2 heterocycles. The summed E-state index contributed by atoms with van der Waals surface area (Å²) in [6.07, 6.45) is 0. The van der Waals surface area contributed by atoms with Crippen molar-refractivity contribution >= 4 is 27.4 Å². The minimum absolute atomic E-state index is 0.0781. The maximum atomic E-state index is 13.1. The van der Waals surface area contributed by atoms with Crippen molar-refractivity contribution in [3.63, 3.8) is 0 Å². The smallest absolute Gasteiger partial charge is 0.318 e. The number of ether oxygens (including phenoxy) is 1. The van der Waals surface area contributed by atoms with Gasteiger partial charge in [0.05, 0.1) is 24.9 Å². The van der Waals surface area contributed by atoms with Crippen LogP contribution in [0.25, 0.3) is 11.4 Å². The van der Waals surface area contributed by atoms with Crippen LogP contribution in [0.15, 0.2) is 41.8 Å². The van der Waals surface area contributed by atoms with Crippen molar-refractivity contribution in [1.29, 1.82) is 0 Å². The summed E-state index contributed by atoms with van der Waals surface area (Å²) in [5, 5.41) is 5.21. The third-order valence-electron chi connectivity index (χ3n) is 5.75. The molecule has 1 aromatic carbocycles. The molecule has 2 aromatic rings. The Labute approximate surface area is 195 Å². The van der Waals surface area contributed by atoms with E-state index in [0.717, 1.165) is 0 Å². The molecule has 2 N–H and O–H groups in total. The van der Waals surface area contributed by atoms with Gasteiger partial charge in [0.15, 0.2) is 15.7 Å². The minimum Gasteiger partial charge on any atom is -0.377 e. The maximum Gasteiger partial charge on any atom is 0.318 e. The van der Waals surface area contributed by atoms with Crippen molar-refractivity contribution in [2.75, 3.05) is 37.0 Å². The molecular weight excluding hydrogens is 442 g/mol. The van der Waals surface area contributed by atoms with Crippen molar-refractivity contribution in [3.05, 3.63) is 47.5 Å². The van der Waals surface area contributed by atoms with Gasteiger partial charge in [-0.25, -0.2) is 23.2 Å². The first kappa shape index (κ1) is 24.7. The lowest BCUT2D eigenvalue weighted by Crippen LogP contribution is -2.44. The number of carbonyl (C=O) groups excluding carboxylic acids is 1. The van der Waals surface area contributed by atoms with E-state index in [0.29, 0.717) is 48.3 Å². The molecular formula is C23H31N5O4S. The summed E-state index contributed by atoms with van der Waals surface area (Å²) in [6.45, 7) is 12.2. The van der Waals surface area contributed by atoms with Crippen LogP contribution < -0.4 is 15.5 Å². The topological polar surface area (TPSA) is 114 Å². The highest BCUT2D eigenvalue weighted by molar-refractivity contribution is 7.96. The second-order valence-corrected chi connectivity index (χ2v) is 11.3. The number of benzene rings is 1. The highest BCUT2D eigenvalue weighted by Gasteiger charge is 2.39. The van der Waals surface area contributed by atoms with Gasteiger partial charge in [-0.1, -0.05) is 6.58 Å². The van der Waals surface area contributed by atoms with Gasteiger partial charge in [0.2, 0.25) is 0 Å². The zero-order valence-electron chi connectivity index (χ0n) is 19.7. The first-order valence-corrected chi connectivity index (χ1v) is 12.2. The molecule has 0 saturated carbocycles. The lowest BCUT2D eigenvalue weighted by Gasteiger charge is -2.35. The number of aromatic nitrogens is 2. The van der Waals surface area contributed by atoms with Crippen molar-refractivity contribution < 1.29 is 17.9 Å². The number of nitrogens with zero attached hydrogens (tertiary/aromatic N) is 3. The molecule has 0 bridgehead atoms. The Balaban J connectivity index is 2.12. The number of anilines is 2. The van der Waals surface area contributed by atoms with Gasteiger partial charge in [0.25, 0.3) is 0 Å². The molecule has 1 aliphatic rings. The van der Waals surface area contributed by atoms with Crippen molar-refractivity contribution in [3.8, 4) is 11.4 Å². The van der Waals surface area contributed by atoms with Crippen LogP contribution >= 0.6 is 0 Å². The molecule has 1 saturated heterocycles. The molecule has 1 aliphatic heterocycles. The molecule has 3 rings (SSSR count). The fourth-order valence-corrected chi connectivity index (χ4v) is 4.81. The molecule has 178 valence electrons. The highest BCUT2D eigenvalue weighted by Crippen LogP contribution is 2.35. The molecule has 1 aromatic heterocycles. The second-order valence-electron chi connectivity index (χ2n) is 8.55. The van der Waals surface area contributed by atoms with Gasteiger partial charge in [0.1, 0.15) is 10.6 Å². The van der Waals surface area contributed by atoms with Gasteiger partial charge in [-0.3, -0.25) is 0 Å². The van der Waals surface area contributed by atoms with E-state index >= 15 is 0 Å². The normalized spacial score (nSPS) is 16.9.